The fourth-order valence-electron chi connectivity index (χ4n) is 2.57. The molecule has 148 valence electrons. The number of hydrogen-bond donors (Lipinski definition) is 2. The maximum Gasteiger partial charge on any atom is 0.524 e. The standard InChI is InChI=1S/C18H25N2O6P/c1-5-6-7-14(26-27(22,23)24)11-20-16-10-13(25-4)8-9-15(16)17(19-20)18(21)12(2)3/h8-12H,5-7H2,1-4H3,(H2,22,23,24). The number of rotatable bonds is 9. The van der Waals surface area contributed by atoms with E-state index >= 15 is 0 Å². The number of Topliss-reactive ketones (excluding diaryl/α,β-unsaturated/α-hetero) is 1. The molecule has 0 radical (unpaired) electrons. The molecule has 2 N–H and O–H groups in total. The molecule has 8 nitrogen and oxygen atoms in total. The lowest BCUT2D eigenvalue weighted by atomic mass is 10.0. The van der Waals surface area contributed by atoms with Crippen molar-refractivity contribution in [3.63, 3.8) is 0 Å². The van der Waals surface area contributed by atoms with Gasteiger partial charge >= 0.3 is 7.82 Å². The molecule has 0 amide bonds. The molecule has 0 saturated carbocycles. The molecule has 0 aliphatic carbocycles. The average molecular weight is 396 g/mol. The van der Waals surface area contributed by atoms with E-state index in [-0.39, 0.29) is 17.5 Å². The molecule has 1 aromatic heterocycles. The molecular weight excluding hydrogens is 371 g/mol. The Morgan fingerprint density at radius 3 is 2.63 bits per heavy atom. The predicted octanol–water partition coefficient (Wildman–Crippen LogP) is 3.98. The van der Waals surface area contributed by atoms with Crippen LogP contribution in [0.1, 0.15) is 50.5 Å². The Morgan fingerprint density at radius 1 is 1.37 bits per heavy atom. The molecule has 0 saturated heterocycles. The minimum absolute atomic E-state index is 0.0981. The number of phosphoric acid groups is 1. The van der Waals surface area contributed by atoms with E-state index in [1.54, 1.807) is 32.0 Å². The number of carbonyl (C=O) groups excluding carboxylic acids is 1. The number of fused-ring (bicyclic) bond motifs is 1. The van der Waals surface area contributed by atoms with Crippen LogP contribution in [0.2, 0.25) is 0 Å². The van der Waals surface area contributed by atoms with Gasteiger partial charge in [0.15, 0.2) is 5.78 Å². The Bertz CT molecular complexity index is 897. The van der Waals surface area contributed by atoms with Gasteiger partial charge in [-0.3, -0.25) is 14.6 Å². The highest BCUT2D eigenvalue weighted by molar-refractivity contribution is 7.46. The van der Waals surface area contributed by atoms with Gasteiger partial charge in [0.2, 0.25) is 0 Å². The van der Waals surface area contributed by atoms with Crippen LogP contribution in [-0.2, 0) is 9.09 Å². The summed E-state index contributed by atoms with van der Waals surface area (Å²) >= 11 is 0. The minimum atomic E-state index is -4.70. The van der Waals surface area contributed by atoms with Gasteiger partial charge in [-0.2, -0.15) is 5.10 Å². The van der Waals surface area contributed by atoms with E-state index in [4.69, 9.17) is 9.26 Å². The summed E-state index contributed by atoms with van der Waals surface area (Å²) in [5, 5.41) is 5.00. The second kappa shape index (κ2) is 8.69. The van der Waals surface area contributed by atoms with Gasteiger partial charge in [0.05, 0.1) is 18.8 Å². The molecule has 0 aliphatic rings. The highest BCUT2D eigenvalue weighted by Crippen LogP contribution is 2.40. The largest absolute Gasteiger partial charge is 0.524 e. The highest BCUT2D eigenvalue weighted by Gasteiger charge is 2.22. The number of phosphoric ester groups is 1. The summed E-state index contributed by atoms with van der Waals surface area (Å²) in [6, 6.07) is 5.20. The number of benzene rings is 1. The minimum Gasteiger partial charge on any atom is -0.497 e. The van der Waals surface area contributed by atoms with Crippen molar-refractivity contribution >= 4 is 30.7 Å². The van der Waals surface area contributed by atoms with Gasteiger partial charge in [-0.15, -0.1) is 0 Å². The number of allylic oxidation sites excluding steroid dienone is 1. The lowest BCUT2D eigenvalue weighted by molar-refractivity contribution is 0.0935. The van der Waals surface area contributed by atoms with Crippen LogP contribution in [0.15, 0.2) is 24.0 Å². The van der Waals surface area contributed by atoms with Crippen LogP contribution in [0.4, 0.5) is 0 Å². The van der Waals surface area contributed by atoms with Gasteiger partial charge in [-0.25, -0.2) is 9.25 Å². The van der Waals surface area contributed by atoms with Gasteiger partial charge in [0.25, 0.3) is 0 Å². The Morgan fingerprint density at radius 2 is 2.07 bits per heavy atom. The van der Waals surface area contributed by atoms with Crippen LogP contribution in [0.3, 0.4) is 0 Å². The zero-order chi connectivity index (χ0) is 20.2. The number of methoxy groups -OCH3 is 1. The Kier molecular flexibility index (Phi) is 6.81. The molecule has 0 spiro atoms. The van der Waals surface area contributed by atoms with Crippen LogP contribution in [-0.4, -0.2) is 32.5 Å². The summed E-state index contributed by atoms with van der Waals surface area (Å²) in [6.45, 7) is 5.54. The maximum atomic E-state index is 12.5. The first-order valence-electron chi connectivity index (χ1n) is 8.72. The molecule has 2 aromatic rings. The monoisotopic (exact) mass is 396 g/mol. The summed E-state index contributed by atoms with van der Waals surface area (Å²) in [7, 11) is -3.17. The molecule has 0 fully saturated rings. The van der Waals surface area contributed by atoms with E-state index in [1.807, 2.05) is 6.92 Å². The third kappa shape index (κ3) is 5.42. The molecule has 0 atom stereocenters. The van der Waals surface area contributed by atoms with E-state index in [0.29, 0.717) is 35.2 Å². The van der Waals surface area contributed by atoms with E-state index in [0.717, 1.165) is 6.42 Å². The van der Waals surface area contributed by atoms with Crippen molar-refractivity contribution in [3.8, 4) is 5.75 Å². The quantitative estimate of drug-likeness (QED) is 0.375. The smallest absolute Gasteiger partial charge is 0.497 e. The number of unbranched alkanes of at least 4 members (excludes halogenated alkanes) is 1. The fourth-order valence-corrected chi connectivity index (χ4v) is 3.02. The van der Waals surface area contributed by atoms with E-state index in [1.165, 1.54) is 18.0 Å². The fraction of sp³-hybridized carbons (Fsp3) is 0.444. The van der Waals surface area contributed by atoms with Crippen LogP contribution < -0.4 is 4.74 Å². The van der Waals surface area contributed by atoms with Gasteiger partial charge in [-0.05, 0) is 18.6 Å². The van der Waals surface area contributed by atoms with Crippen molar-refractivity contribution < 1.29 is 28.4 Å². The molecule has 0 aliphatic heterocycles. The first-order chi connectivity index (χ1) is 12.7. The van der Waals surface area contributed by atoms with Crippen LogP contribution in [0.5, 0.6) is 5.75 Å². The Labute approximate surface area is 158 Å². The Balaban J connectivity index is 2.63. The van der Waals surface area contributed by atoms with Gasteiger partial charge < -0.3 is 9.26 Å². The molecule has 1 aromatic carbocycles. The van der Waals surface area contributed by atoms with Crippen molar-refractivity contribution in [2.45, 2.75) is 40.0 Å². The summed E-state index contributed by atoms with van der Waals surface area (Å²) < 4.78 is 22.8. The molecule has 0 unspecified atom stereocenters. The highest BCUT2D eigenvalue weighted by atomic mass is 31.2. The van der Waals surface area contributed by atoms with E-state index in [2.05, 4.69) is 5.10 Å². The third-order valence-corrected chi connectivity index (χ3v) is 4.42. The molecule has 9 heteroatoms. The van der Waals surface area contributed by atoms with Crippen molar-refractivity contribution in [3.05, 3.63) is 29.7 Å². The topological polar surface area (TPSA) is 111 Å². The number of aromatic nitrogens is 2. The normalized spacial score (nSPS) is 12.6. The number of hydrogen-bond acceptors (Lipinski definition) is 5. The number of nitrogens with zero attached hydrogens (tertiary/aromatic N) is 2. The number of ketones is 1. The van der Waals surface area contributed by atoms with E-state index in [9.17, 15) is 19.1 Å². The second-order valence-corrected chi connectivity index (χ2v) is 7.64. The lowest BCUT2D eigenvalue weighted by Crippen LogP contribution is -2.09. The summed E-state index contributed by atoms with van der Waals surface area (Å²) in [5.41, 5.74) is 0.881. The van der Waals surface area contributed by atoms with Crippen LogP contribution in [0, 0.1) is 5.92 Å². The Hall–Kier alpha value is -2.15. The number of carbonyl (C=O) groups is 1. The van der Waals surface area contributed by atoms with Crippen molar-refractivity contribution in [1.29, 1.82) is 0 Å². The maximum absolute atomic E-state index is 12.5. The summed E-state index contributed by atoms with van der Waals surface area (Å²) in [6.07, 6.45) is 3.26. The second-order valence-electron chi connectivity index (χ2n) is 6.48. The third-order valence-electron chi connectivity index (χ3n) is 3.95. The number of ether oxygens (including phenoxy) is 1. The predicted molar refractivity (Wildman–Crippen MR) is 102 cm³/mol. The van der Waals surface area contributed by atoms with Crippen molar-refractivity contribution in [1.82, 2.24) is 9.78 Å². The van der Waals surface area contributed by atoms with Crippen LogP contribution >= 0.6 is 7.82 Å². The van der Waals surface area contributed by atoms with Gasteiger partial charge in [0, 0.05) is 23.8 Å². The SMILES string of the molecule is CCCCC(=Cn1nc(C(=O)C(C)C)c2ccc(OC)cc21)OP(=O)(O)O. The molecule has 0 bridgehead atoms. The first-order valence-corrected chi connectivity index (χ1v) is 10.3. The zero-order valence-electron chi connectivity index (χ0n) is 15.9. The van der Waals surface area contributed by atoms with E-state index < -0.39 is 7.82 Å². The lowest BCUT2D eigenvalue weighted by Gasteiger charge is -2.11. The summed E-state index contributed by atoms with van der Waals surface area (Å²) in [5.74, 6) is 0.310. The molecule has 1 heterocycles. The average Bonchev–Trinajstić information content (AvgIpc) is 2.95. The van der Waals surface area contributed by atoms with Crippen molar-refractivity contribution in [2.75, 3.05) is 7.11 Å². The zero-order valence-corrected chi connectivity index (χ0v) is 16.8. The summed E-state index contributed by atoms with van der Waals surface area (Å²) in [4.78, 5) is 30.9. The molecule has 27 heavy (non-hydrogen) atoms. The first kappa shape index (κ1) is 21.2. The molecule has 2 rings (SSSR count). The van der Waals surface area contributed by atoms with Gasteiger partial charge in [-0.1, -0.05) is 27.2 Å². The molecular formula is C18H25N2O6P. The van der Waals surface area contributed by atoms with Crippen LogP contribution in [0.25, 0.3) is 17.1 Å². The van der Waals surface area contributed by atoms with Crippen molar-refractivity contribution in [2.24, 2.45) is 5.92 Å². The van der Waals surface area contributed by atoms with Gasteiger partial charge in [0.1, 0.15) is 17.2 Å².